The van der Waals surface area contributed by atoms with Crippen molar-refractivity contribution in [3.63, 3.8) is 0 Å². The molecule has 0 heterocycles. The minimum absolute atomic E-state index is 0.0592. The van der Waals surface area contributed by atoms with Gasteiger partial charge in [0, 0.05) is 18.0 Å². The van der Waals surface area contributed by atoms with Crippen LogP contribution in [0.15, 0.2) is 18.2 Å². The molecule has 3 heteroatoms. The second-order valence-corrected chi connectivity index (χ2v) is 4.00. The molecule has 17 heavy (non-hydrogen) atoms. The molecule has 1 aromatic rings. The zero-order valence-corrected chi connectivity index (χ0v) is 10.1. The number of halogens is 1. The van der Waals surface area contributed by atoms with Gasteiger partial charge >= 0.3 is 0 Å². The Kier molecular flexibility index (Phi) is 4.71. The van der Waals surface area contributed by atoms with Gasteiger partial charge in [-0.1, -0.05) is 6.92 Å². The first-order valence-corrected chi connectivity index (χ1v) is 5.58. The highest BCUT2D eigenvalue weighted by molar-refractivity contribution is 5.94. The van der Waals surface area contributed by atoms with Crippen LogP contribution in [0.2, 0.25) is 0 Å². The third-order valence-electron chi connectivity index (χ3n) is 2.50. The van der Waals surface area contributed by atoms with Crippen LogP contribution in [0.3, 0.4) is 0 Å². The number of nitrogens with one attached hydrogen (secondary N) is 1. The van der Waals surface area contributed by atoms with Crippen molar-refractivity contribution in [2.45, 2.75) is 32.7 Å². The first-order chi connectivity index (χ1) is 8.06. The highest BCUT2D eigenvalue weighted by Gasteiger charge is 2.12. The summed E-state index contributed by atoms with van der Waals surface area (Å²) < 4.78 is 13.1. The average molecular weight is 233 g/mol. The van der Waals surface area contributed by atoms with E-state index in [0.29, 0.717) is 12.0 Å². The molecule has 1 atom stereocenters. The number of hydrogen-bond donors (Lipinski definition) is 1. The summed E-state index contributed by atoms with van der Waals surface area (Å²) in [5.41, 5.74) is 1.05. The van der Waals surface area contributed by atoms with E-state index in [0.717, 1.165) is 12.0 Å². The van der Waals surface area contributed by atoms with E-state index in [2.05, 4.69) is 11.2 Å². The zero-order chi connectivity index (χ0) is 12.8. The number of carbonyl (C=O) groups excluding carboxylic acids is 1. The van der Waals surface area contributed by atoms with Crippen molar-refractivity contribution in [2.75, 3.05) is 0 Å². The molecule has 90 valence electrons. The number of carbonyl (C=O) groups is 1. The third-order valence-corrected chi connectivity index (χ3v) is 2.50. The largest absolute Gasteiger partial charge is 0.348 e. The van der Waals surface area contributed by atoms with Gasteiger partial charge in [-0.25, -0.2) is 4.39 Å². The maximum Gasteiger partial charge on any atom is 0.251 e. The van der Waals surface area contributed by atoms with Gasteiger partial charge in [0.05, 0.1) is 0 Å². The SMILES string of the molecule is C#CCC(CC)NC(=O)c1cc(C)cc(F)c1. The molecule has 0 aliphatic rings. The highest BCUT2D eigenvalue weighted by atomic mass is 19.1. The lowest BCUT2D eigenvalue weighted by Gasteiger charge is -2.14. The molecule has 0 spiro atoms. The predicted molar refractivity (Wildman–Crippen MR) is 66.1 cm³/mol. The first-order valence-electron chi connectivity index (χ1n) is 5.58. The quantitative estimate of drug-likeness (QED) is 0.796. The van der Waals surface area contributed by atoms with Crippen LogP contribution in [0.5, 0.6) is 0 Å². The van der Waals surface area contributed by atoms with Gasteiger partial charge in [-0.15, -0.1) is 12.3 Å². The molecule has 0 saturated heterocycles. The van der Waals surface area contributed by atoms with E-state index in [-0.39, 0.29) is 11.9 Å². The number of benzene rings is 1. The smallest absolute Gasteiger partial charge is 0.251 e. The van der Waals surface area contributed by atoms with Crippen LogP contribution >= 0.6 is 0 Å². The second-order valence-electron chi connectivity index (χ2n) is 4.00. The van der Waals surface area contributed by atoms with Crippen LogP contribution in [0.1, 0.15) is 35.7 Å². The Balaban J connectivity index is 2.79. The molecule has 0 aliphatic carbocycles. The van der Waals surface area contributed by atoms with Gasteiger partial charge in [0.2, 0.25) is 0 Å². The normalized spacial score (nSPS) is 11.6. The van der Waals surface area contributed by atoms with Gasteiger partial charge in [0.15, 0.2) is 0 Å². The van der Waals surface area contributed by atoms with Crippen molar-refractivity contribution >= 4 is 5.91 Å². The van der Waals surface area contributed by atoms with E-state index in [1.165, 1.54) is 12.1 Å². The summed E-state index contributed by atoms with van der Waals surface area (Å²) in [6, 6.07) is 4.21. The molecule has 0 radical (unpaired) electrons. The van der Waals surface area contributed by atoms with E-state index in [9.17, 15) is 9.18 Å². The Hall–Kier alpha value is -1.82. The zero-order valence-electron chi connectivity index (χ0n) is 10.1. The molecule has 0 saturated carbocycles. The highest BCUT2D eigenvalue weighted by Crippen LogP contribution is 2.09. The Labute approximate surface area is 101 Å². The molecule has 0 fully saturated rings. The van der Waals surface area contributed by atoms with Gasteiger partial charge in [-0.3, -0.25) is 4.79 Å². The Morgan fingerprint density at radius 2 is 2.24 bits per heavy atom. The van der Waals surface area contributed by atoms with Crippen LogP contribution in [-0.2, 0) is 0 Å². The average Bonchev–Trinajstić information content (AvgIpc) is 2.27. The molecule has 2 nitrogen and oxygen atoms in total. The summed E-state index contributed by atoms with van der Waals surface area (Å²) in [5, 5.41) is 2.79. The maximum absolute atomic E-state index is 13.1. The first kappa shape index (κ1) is 13.2. The minimum Gasteiger partial charge on any atom is -0.348 e. The second kappa shape index (κ2) is 6.05. The topological polar surface area (TPSA) is 29.1 Å². The summed E-state index contributed by atoms with van der Waals surface area (Å²) in [4.78, 5) is 11.8. The fraction of sp³-hybridized carbons (Fsp3) is 0.357. The van der Waals surface area contributed by atoms with Crippen molar-refractivity contribution in [3.05, 3.63) is 35.1 Å². The third kappa shape index (κ3) is 3.92. The van der Waals surface area contributed by atoms with Crippen LogP contribution in [0, 0.1) is 25.1 Å². The van der Waals surface area contributed by atoms with Crippen molar-refractivity contribution in [2.24, 2.45) is 0 Å². The molecular formula is C14H16FNO. The summed E-state index contributed by atoms with van der Waals surface area (Å²) in [6.07, 6.45) is 6.44. The molecule has 0 aliphatic heterocycles. The number of aryl methyl sites for hydroxylation is 1. The van der Waals surface area contributed by atoms with Crippen molar-refractivity contribution < 1.29 is 9.18 Å². The van der Waals surface area contributed by atoms with Gasteiger partial charge < -0.3 is 5.32 Å². The van der Waals surface area contributed by atoms with Gasteiger partial charge in [-0.05, 0) is 37.1 Å². The Morgan fingerprint density at radius 3 is 2.76 bits per heavy atom. The van der Waals surface area contributed by atoms with Gasteiger partial charge in [0.1, 0.15) is 5.82 Å². The molecule has 1 rings (SSSR count). The number of terminal acetylenes is 1. The van der Waals surface area contributed by atoms with Crippen molar-refractivity contribution in [1.82, 2.24) is 5.32 Å². The fourth-order valence-electron chi connectivity index (χ4n) is 1.58. The summed E-state index contributed by atoms with van der Waals surface area (Å²) >= 11 is 0. The molecule has 0 aromatic heterocycles. The maximum atomic E-state index is 13.1. The van der Waals surface area contributed by atoms with Crippen LogP contribution in [0.4, 0.5) is 4.39 Å². The summed E-state index contributed by atoms with van der Waals surface area (Å²) in [5.74, 6) is 1.82. The van der Waals surface area contributed by atoms with E-state index < -0.39 is 5.82 Å². The predicted octanol–water partition coefficient (Wildman–Crippen LogP) is 2.67. The molecular weight excluding hydrogens is 217 g/mol. The monoisotopic (exact) mass is 233 g/mol. The fourth-order valence-corrected chi connectivity index (χ4v) is 1.58. The van der Waals surface area contributed by atoms with Crippen LogP contribution in [0.25, 0.3) is 0 Å². The lowest BCUT2D eigenvalue weighted by atomic mass is 10.1. The van der Waals surface area contributed by atoms with Gasteiger partial charge in [-0.2, -0.15) is 0 Å². The van der Waals surface area contributed by atoms with Gasteiger partial charge in [0.25, 0.3) is 5.91 Å². The molecule has 1 unspecified atom stereocenters. The number of amides is 1. The standard InChI is InChI=1S/C14H16FNO/c1-4-6-13(5-2)16-14(17)11-7-10(3)8-12(15)9-11/h1,7-9,13H,5-6H2,2-3H3,(H,16,17). The van der Waals surface area contributed by atoms with E-state index in [1.54, 1.807) is 13.0 Å². The molecule has 0 bridgehead atoms. The van der Waals surface area contributed by atoms with Crippen molar-refractivity contribution in [1.29, 1.82) is 0 Å². The minimum atomic E-state index is -0.403. The van der Waals surface area contributed by atoms with E-state index in [4.69, 9.17) is 6.42 Å². The molecule has 1 aromatic carbocycles. The Morgan fingerprint density at radius 1 is 1.53 bits per heavy atom. The Bertz CT molecular complexity index is 428. The summed E-state index contributed by atoms with van der Waals surface area (Å²) in [7, 11) is 0. The molecule has 1 amide bonds. The van der Waals surface area contributed by atoms with E-state index in [1.807, 2.05) is 6.92 Å². The number of hydrogen-bond acceptors (Lipinski definition) is 1. The van der Waals surface area contributed by atoms with Crippen LogP contribution < -0.4 is 5.32 Å². The van der Waals surface area contributed by atoms with E-state index >= 15 is 0 Å². The molecule has 1 N–H and O–H groups in total. The lowest BCUT2D eigenvalue weighted by Crippen LogP contribution is -2.34. The van der Waals surface area contributed by atoms with Crippen LogP contribution in [-0.4, -0.2) is 11.9 Å². The summed E-state index contributed by atoms with van der Waals surface area (Å²) in [6.45, 7) is 3.69. The lowest BCUT2D eigenvalue weighted by molar-refractivity contribution is 0.0936. The van der Waals surface area contributed by atoms with Crippen molar-refractivity contribution in [3.8, 4) is 12.3 Å². The number of rotatable bonds is 4.